The molecule has 1 N–H and O–H groups in total. The molecule has 1 atom stereocenters. The number of carbonyl (C=O) groups excluding carboxylic acids is 2. The van der Waals surface area contributed by atoms with Gasteiger partial charge >= 0.3 is 6.03 Å². The molecule has 1 aliphatic rings. The number of aryl methyl sites for hydroxylation is 1. The number of nitrogens with one attached hydrogen (secondary N) is 1. The number of aromatic nitrogens is 1. The average molecular weight is 296 g/mol. The van der Waals surface area contributed by atoms with E-state index in [9.17, 15) is 9.59 Å². The minimum absolute atomic E-state index is 0.00578. The van der Waals surface area contributed by atoms with E-state index in [1.165, 1.54) is 4.90 Å². The van der Waals surface area contributed by atoms with Gasteiger partial charge in [0.15, 0.2) is 0 Å². The first-order valence-electron chi connectivity index (χ1n) is 6.73. The molecule has 0 aromatic carbocycles. The standard InChI is InChI=1S/C13H20N4O2S/c1-4-16-8-17(6-11(16)18)13(19)14-5-9(2)12-15-10(3)7-20-12/h7,9H,4-6,8H2,1-3H3,(H,14,19)/t9-/m1/s1. The Labute approximate surface area is 122 Å². The van der Waals surface area contributed by atoms with Crippen LogP contribution >= 0.6 is 11.3 Å². The van der Waals surface area contributed by atoms with Crippen LogP contribution in [0.1, 0.15) is 30.5 Å². The number of hydrogen-bond donors (Lipinski definition) is 1. The molecule has 1 aromatic rings. The third-order valence-electron chi connectivity index (χ3n) is 3.31. The van der Waals surface area contributed by atoms with Crippen molar-refractivity contribution in [3.63, 3.8) is 0 Å². The summed E-state index contributed by atoms with van der Waals surface area (Å²) in [4.78, 5) is 31.2. The third kappa shape index (κ3) is 3.27. The van der Waals surface area contributed by atoms with Crippen molar-refractivity contribution in [1.82, 2.24) is 20.1 Å². The van der Waals surface area contributed by atoms with Gasteiger partial charge < -0.3 is 10.2 Å². The summed E-state index contributed by atoms with van der Waals surface area (Å²) < 4.78 is 0. The Kier molecular flexibility index (Phi) is 4.59. The number of likely N-dealkylation sites (N-methyl/N-ethyl adjacent to an activating group) is 1. The lowest BCUT2D eigenvalue weighted by molar-refractivity contribution is -0.126. The maximum absolute atomic E-state index is 12.0. The first-order valence-corrected chi connectivity index (χ1v) is 7.61. The molecule has 0 saturated carbocycles. The highest BCUT2D eigenvalue weighted by molar-refractivity contribution is 7.09. The van der Waals surface area contributed by atoms with Crippen LogP contribution in [0, 0.1) is 6.92 Å². The number of nitrogens with zero attached hydrogens (tertiary/aromatic N) is 3. The van der Waals surface area contributed by atoms with Crippen LogP contribution in [-0.2, 0) is 4.79 Å². The van der Waals surface area contributed by atoms with Crippen LogP contribution in [0.25, 0.3) is 0 Å². The predicted molar refractivity (Wildman–Crippen MR) is 77.6 cm³/mol. The van der Waals surface area contributed by atoms with Gasteiger partial charge in [-0.2, -0.15) is 0 Å². The summed E-state index contributed by atoms with van der Waals surface area (Å²) in [7, 11) is 0. The van der Waals surface area contributed by atoms with E-state index in [4.69, 9.17) is 0 Å². The topological polar surface area (TPSA) is 65.5 Å². The summed E-state index contributed by atoms with van der Waals surface area (Å²) in [5, 5.41) is 5.90. The van der Waals surface area contributed by atoms with Crippen molar-refractivity contribution in [2.75, 3.05) is 26.3 Å². The quantitative estimate of drug-likeness (QED) is 0.913. The lowest BCUT2D eigenvalue weighted by Gasteiger charge is -2.18. The minimum atomic E-state index is -0.186. The fourth-order valence-corrected chi connectivity index (χ4v) is 2.90. The molecule has 3 amide bonds. The van der Waals surface area contributed by atoms with Crippen molar-refractivity contribution in [3.8, 4) is 0 Å². The number of thiazole rings is 1. The van der Waals surface area contributed by atoms with Crippen molar-refractivity contribution in [3.05, 3.63) is 16.1 Å². The zero-order chi connectivity index (χ0) is 14.7. The Bertz CT molecular complexity index is 502. The van der Waals surface area contributed by atoms with Gasteiger partial charge in [0.1, 0.15) is 6.54 Å². The second kappa shape index (κ2) is 6.21. The van der Waals surface area contributed by atoms with E-state index in [0.717, 1.165) is 10.7 Å². The minimum Gasteiger partial charge on any atom is -0.337 e. The molecule has 1 saturated heterocycles. The number of rotatable bonds is 4. The van der Waals surface area contributed by atoms with Crippen LogP contribution in [0.2, 0.25) is 0 Å². The van der Waals surface area contributed by atoms with Crippen LogP contribution in [0.15, 0.2) is 5.38 Å². The third-order valence-corrected chi connectivity index (χ3v) is 4.50. The molecule has 1 fully saturated rings. The molecular weight excluding hydrogens is 276 g/mol. The van der Waals surface area contributed by atoms with Gasteiger partial charge in [-0.1, -0.05) is 6.92 Å². The SMILES string of the molecule is CCN1CN(C(=O)NC[C@@H](C)c2nc(C)cs2)CC1=O. The first-order chi connectivity index (χ1) is 9.51. The summed E-state index contributed by atoms with van der Waals surface area (Å²) in [6.07, 6.45) is 0. The number of urea groups is 1. The Hall–Kier alpha value is -1.63. The molecule has 0 bridgehead atoms. The second-order valence-electron chi connectivity index (χ2n) is 5.00. The van der Waals surface area contributed by atoms with Gasteiger partial charge in [0.05, 0.1) is 11.7 Å². The highest BCUT2D eigenvalue weighted by Crippen LogP contribution is 2.19. The summed E-state index contributed by atoms with van der Waals surface area (Å²) in [6.45, 7) is 7.62. The van der Waals surface area contributed by atoms with Crippen molar-refractivity contribution in [1.29, 1.82) is 0 Å². The van der Waals surface area contributed by atoms with Gasteiger partial charge in [-0.3, -0.25) is 9.69 Å². The smallest absolute Gasteiger partial charge is 0.319 e. The molecule has 2 heterocycles. The zero-order valence-corrected chi connectivity index (χ0v) is 12.9. The first kappa shape index (κ1) is 14.8. The Morgan fingerprint density at radius 1 is 1.60 bits per heavy atom. The van der Waals surface area contributed by atoms with Gasteiger partial charge in [0.25, 0.3) is 0 Å². The summed E-state index contributed by atoms with van der Waals surface area (Å²) >= 11 is 1.61. The normalized spacial score (nSPS) is 16.6. The van der Waals surface area contributed by atoms with E-state index >= 15 is 0 Å². The molecule has 1 aliphatic heterocycles. The van der Waals surface area contributed by atoms with Gasteiger partial charge in [0.2, 0.25) is 5.91 Å². The molecule has 0 unspecified atom stereocenters. The summed E-state index contributed by atoms with van der Waals surface area (Å²) in [6, 6.07) is -0.186. The summed E-state index contributed by atoms with van der Waals surface area (Å²) in [5.41, 5.74) is 1.01. The molecule has 2 rings (SSSR count). The second-order valence-corrected chi connectivity index (χ2v) is 5.89. The van der Waals surface area contributed by atoms with E-state index in [0.29, 0.717) is 19.8 Å². The molecular formula is C13H20N4O2S. The largest absolute Gasteiger partial charge is 0.337 e. The molecule has 6 nitrogen and oxygen atoms in total. The fourth-order valence-electron chi connectivity index (χ4n) is 2.05. The lowest BCUT2D eigenvalue weighted by Crippen LogP contribution is -2.40. The fraction of sp³-hybridized carbons (Fsp3) is 0.615. The van der Waals surface area contributed by atoms with Gasteiger partial charge in [-0.15, -0.1) is 11.3 Å². The molecule has 20 heavy (non-hydrogen) atoms. The molecule has 0 radical (unpaired) electrons. The van der Waals surface area contributed by atoms with Gasteiger partial charge in [-0.05, 0) is 13.8 Å². The van der Waals surface area contributed by atoms with E-state index in [1.54, 1.807) is 16.2 Å². The van der Waals surface area contributed by atoms with E-state index < -0.39 is 0 Å². The number of hydrogen-bond acceptors (Lipinski definition) is 4. The summed E-state index contributed by atoms with van der Waals surface area (Å²) in [5.74, 6) is 0.185. The van der Waals surface area contributed by atoms with Crippen molar-refractivity contribution < 1.29 is 9.59 Å². The van der Waals surface area contributed by atoms with Gasteiger partial charge in [-0.25, -0.2) is 9.78 Å². The average Bonchev–Trinajstić information content (AvgIpc) is 3.01. The highest BCUT2D eigenvalue weighted by Gasteiger charge is 2.29. The van der Waals surface area contributed by atoms with Crippen LogP contribution in [0.5, 0.6) is 0 Å². The van der Waals surface area contributed by atoms with Crippen LogP contribution in [0.4, 0.5) is 4.79 Å². The number of amides is 3. The number of carbonyl (C=O) groups is 2. The lowest BCUT2D eigenvalue weighted by atomic mass is 10.2. The maximum Gasteiger partial charge on any atom is 0.319 e. The maximum atomic E-state index is 12.0. The monoisotopic (exact) mass is 296 g/mol. The van der Waals surface area contributed by atoms with Crippen molar-refractivity contribution >= 4 is 23.3 Å². The van der Waals surface area contributed by atoms with E-state index in [1.807, 2.05) is 26.2 Å². The van der Waals surface area contributed by atoms with Crippen molar-refractivity contribution in [2.24, 2.45) is 0 Å². The predicted octanol–water partition coefficient (Wildman–Crippen LogP) is 1.39. The van der Waals surface area contributed by atoms with Crippen LogP contribution in [0.3, 0.4) is 0 Å². The Morgan fingerprint density at radius 2 is 2.35 bits per heavy atom. The molecule has 0 aliphatic carbocycles. The van der Waals surface area contributed by atoms with Crippen LogP contribution < -0.4 is 5.32 Å². The highest BCUT2D eigenvalue weighted by atomic mass is 32.1. The molecule has 1 aromatic heterocycles. The Morgan fingerprint density at radius 3 is 2.90 bits per heavy atom. The van der Waals surface area contributed by atoms with E-state index in [-0.39, 0.29) is 24.4 Å². The van der Waals surface area contributed by atoms with Crippen molar-refractivity contribution in [2.45, 2.75) is 26.7 Å². The molecule has 7 heteroatoms. The van der Waals surface area contributed by atoms with Gasteiger partial charge in [0, 0.05) is 30.1 Å². The van der Waals surface area contributed by atoms with Crippen LogP contribution in [-0.4, -0.2) is 53.0 Å². The zero-order valence-electron chi connectivity index (χ0n) is 12.0. The Balaban J connectivity index is 1.82. The molecule has 110 valence electrons. The molecule has 0 spiro atoms. The van der Waals surface area contributed by atoms with E-state index in [2.05, 4.69) is 10.3 Å².